The number of hydrogen-bond donors (Lipinski definition) is 0. The van der Waals surface area contributed by atoms with E-state index in [1.807, 2.05) is 25.1 Å². The zero-order valence-electron chi connectivity index (χ0n) is 17.8. The van der Waals surface area contributed by atoms with E-state index in [2.05, 4.69) is 6.92 Å². The van der Waals surface area contributed by atoms with Gasteiger partial charge < -0.3 is 0 Å². The molecule has 0 radical (unpaired) electrons. The van der Waals surface area contributed by atoms with Gasteiger partial charge in [0.1, 0.15) is 0 Å². The molecule has 0 saturated carbocycles. The van der Waals surface area contributed by atoms with E-state index < -0.39 is 20.0 Å². The molecule has 30 heavy (non-hydrogen) atoms. The van der Waals surface area contributed by atoms with Gasteiger partial charge in [0.05, 0.1) is 9.79 Å². The fraction of sp³-hybridized carbons (Fsp3) is 0.455. The lowest BCUT2D eigenvalue weighted by molar-refractivity contribution is 0.272. The van der Waals surface area contributed by atoms with Crippen LogP contribution in [0.15, 0.2) is 52.3 Å². The minimum absolute atomic E-state index is 0.142. The van der Waals surface area contributed by atoms with E-state index in [9.17, 15) is 16.8 Å². The predicted octanol–water partition coefficient (Wildman–Crippen LogP) is 3.34. The molecule has 1 aliphatic rings. The molecule has 6 nitrogen and oxygen atoms in total. The summed E-state index contributed by atoms with van der Waals surface area (Å²) in [5, 5.41) is 0. The highest BCUT2D eigenvalue weighted by atomic mass is 32.2. The van der Waals surface area contributed by atoms with Crippen LogP contribution in [0.4, 0.5) is 0 Å². The van der Waals surface area contributed by atoms with E-state index in [4.69, 9.17) is 0 Å². The second kappa shape index (κ2) is 9.18. The molecule has 8 heteroatoms. The molecule has 164 valence electrons. The Kier molecular flexibility index (Phi) is 7.02. The van der Waals surface area contributed by atoms with Gasteiger partial charge in [-0.1, -0.05) is 37.6 Å². The van der Waals surface area contributed by atoms with Gasteiger partial charge in [-0.3, -0.25) is 0 Å². The first kappa shape index (κ1) is 22.9. The van der Waals surface area contributed by atoms with Crippen molar-refractivity contribution in [2.75, 3.05) is 26.2 Å². The molecule has 0 bridgehead atoms. The number of unbranched alkanes of at least 4 members (excludes halogenated alkanes) is 1. The molecular formula is C22H30N2O4S2. The fourth-order valence-electron chi connectivity index (χ4n) is 3.63. The number of benzene rings is 2. The van der Waals surface area contributed by atoms with Gasteiger partial charge in [-0.2, -0.15) is 8.61 Å². The summed E-state index contributed by atoms with van der Waals surface area (Å²) in [5.41, 5.74) is 2.70. The Hall–Kier alpha value is -1.74. The van der Waals surface area contributed by atoms with Crippen molar-refractivity contribution >= 4 is 20.0 Å². The van der Waals surface area contributed by atoms with Crippen LogP contribution in [-0.4, -0.2) is 51.6 Å². The molecule has 0 aliphatic carbocycles. The molecule has 3 rings (SSSR count). The Morgan fingerprint density at radius 3 is 1.93 bits per heavy atom. The second-order valence-corrected chi connectivity index (χ2v) is 11.7. The summed E-state index contributed by atoms with van der Waals surface area (Å²) >= 11 is 0. The third-order valence-electron chi connectivity index (χ3n) is 5.54. The summed E-state index contributed by atoms with van der Waals surface area (Å²) in [6.45, 7) is 6.33. The van der Waals surface area contributed by atoms with Gasteiger partial charge >= 0.3 is 0 Å². The normalized spacial score (nSPS) is 16.6. The minimum Gasteiger partial charge on any atom is -0.207 e. The smallest absolute Gasteiger partial charge is 0.207 e. The summed E-state index contributed by atoms with van der Waals surface area (Å²) in [6.07, 6.45) is 3.10. The van der Waals surface area contributed by atoms with Crippen molar-refractivity contribution in [3.05, 3.63) is 59.2 Å². The molecule has 0 N–H and O–H groups in total. The van der Waals surface area contributed by atoms with Crippen LogP contribution in [0, 0.1) is 13.8 Å². The van der Waals surface area contributed by atoms with E-state index >= 15 is 0 Å². The van der Waals surface area contributed by atoms with Crippen molar-refractivity contribution in [2.45, 2.75) is 49.8 Å². The third kappa shape index (κ3) is 4.77. The zero-order valence-corrected chi connectivity index (χ0v) is 19.5. The number of sulfonamides is 2. The van der Waals surface area contributed by atoms with Crippen molar-refractivity contribution in [3.8, 4) is 0 Å². The maximum absolute atomic E-state index is 13.1. The molecule has 1 aliphatic heterocycles. The van der Waals surface area contributed by atoms with Crippen LogP contribution >= 0.6 is 0 Å². The summed E-state index contributed by atoms with van der Waals surface area (Å²) < 4.78 is 54.9. The van der Waals surface area contributed by atoms with Gasteiger partial charge in [0, 0.05) is 26.2 Å². The van der Waals surface area contributed by atoms with Gasteiger partial charge in [0.25, 0.3) is 0 Å². The summed E-state index contributed by atoms with van der Waals surface area (Å²) in [4.78, 5) is 0.551. The molecule has 0 spiro atoms. The lowest BCUT2D eigenvalue weighted by Crippen LogP contribution is -2.50. The highest BCUT2D eigenvalue weighted by molar-refractivity contribution is 7.89. The Balaban J connectivity index is 1.72. The van der Waals surface area contributed by atoms with E-state index in [1.165, 1.54) is 8.61 Å². The number of hydrogen-bond acceptors (Lipinski definition) is 4. The average molecular weight is 451 g/mol. The van der Waals surface area contributed by atoms with Crippen molar-refractivity contribution < 1.29 is 16.8 Å². The van der Waals surface area contributed by atoms with E-state index in [0.717, 1.165) is 30.4 Å². The molecule has 2 aromatic carbocycles. The van der Waals surface area contributed by atoms with Crippen LogP contribution in [0.2, 0.25) is 0 Å². The molecule has 0 unspecified atom stereocenters. The van der Waals surface area contributed by atoms with Crippen molar-refractivity contribution in [1.29, 1.82) is 0 Å². The lowest BCUT2D eigenvalue weighted by Gasteiger charge is -2.33. The Morgan fingerprint density at radius 1 is 0.800 bits per heavy atom. The number of rotatable bonds is 7. The molecule has 0 atom stereocenters. The number of aryl methyl sites for hydroxylation is 3. The highest BCUT2D eigenvalue weighted by Gasteiger charge is 2.34. The predicted molar refractivity (Wildman–Crippen MR) is 118 cm³/mol. The third-order valence-corrected chi connectivity index (χ3v) is 9.49. The maximum Gasteiger partial charge on any atom is 0.243 e. The Morgan fingerprint density at radius 2 is 1.37 bits per heavy atom. The second-order valence-electron chi connectivity index (χ2n) is 7.82. The van der Waals surface area contributed by atoms with Gasteiger partial charge in [0.15, 0.2) is 0 Å². The average Bonchev–Trinajstić information content (AvgIpc) is 2.74. The van der Waals surface area contributed by atoms with Crippen LogP contribution in [-0.2, 0) is 26.5 Å². The van der Waals surface area contributed by atoms with Crippen LogP contribution in [0.25, 0.3) is 0 Å². The minimum atomic E-state index is -3.65. The quantitative estimate of drug-likeness (QED) is 0.648. The SMILES string of the molecule is CCCCc1ccc(S(=O)(=O)N2CCN(S(=O)(=O)c3cc(C)ccc3C)CC2)cc1. The van der Waals surface area contributed by atoms with Gasteiger partial charge in [-0.25, -0.2) is 16.8 Å². The van der Waals surface area contributed by atoms with Crippen molar-refractivity contribution in [1.82, 2.24) is 8.61 Å². The van der Waals surface area contributed by atoms with Gasteiger partial charge in [0.2, 0.25) is 20.0 Å². The zero-order chi connectivity index (χ0) is 21.9. The first-order chi connectivity index (χ1) is 14.2. The Labute approximate surface area is 180 Å². The molecule has 0 amide bonds. The first-order valence-corrected chi connectivity index (χ1v) is 13.2. The first-order valence-electron chi connectivity index (χ1n) is 10.3. The number of piperazine rings is 1. The van der Waals surface area contributed by atoms with Crippen molar-refractivity contribution in [2.24, 2.45) is 0 Å². The largest absolute Gasteiger partial charge is 0.243 e. The highest BCUT2D eigenvalue weighted by Crippen LogP contribution is 2.24. The summed E-state index contributed by atoms with van der Waals surface area (Å²) in [7, 11) is -7.29. The lowest BCUT2D eigenvalue weighted by atomic mass is 10.1. The van der Waals surface area contributed by atoms with Crippen molar-refractivity contribution in [3.63, 3.8) is 0 Å². The van der Waals surface area contributed by atoms with Crippen LogP contribution in [0.1, 0.15) is 36.5 Å². The van der Waals surface area contributed by atoms with Gasteiger partial charge in [-0.05, 0) is 61.6 Å². The Bertz CT molecular complexity index is 1090. The molecule has 2 aromatic rings. The molecule has 1 saturated heterocycles. The summed E-state index contributed by atoms with van der Waals surface area (Å²) in [6, 6.07) is 12.4. The van der Waals surface area contributed by atoms with E-state index in [-0.39, 0.29) is 31.1 Å². The van der Waals surface area contributed by atoms with Crippen LogP contribution in [0.3, 0.4) is 0 Å². The monoisotopic (exact) mass is 450 g/mol. The molecule has 1 heterocycles. The molecular weight excluding hydrogens is 420 g/mol. The maximum atomic E-state index is 13.1. The van der Waals surface area contributed by atoms with Gasteiger partial charge in [-0.15, -0.1) is 0 Å². The fourth-order valence-corrected chi connectivity index (χ4v) is 6.79. The summed E-state index contributed by atoms with van der Waals surface area (Å²) in [5.74, 6) is 0. The topological polar surface area (TPSA) is 74.8 Å². The standard InChI is InChI=1S/C22H30N2O4S2/c1-4-5-6-20-9-11-21(12-10-20)29(25,26)23-13-15-24(16-14-23)30(27,28)22-17-18(2)7-8-19(22)3/h7-12,17H,4-6,13-16H2,1-3H3. The van der Waals surface area contributed by atoms with Crippen LogP contribution < -0.4 is 0 Å². The van der Waals surface area contributed by atoms with Crippen LogP contribution in [0.5, 0.6) is 0 Å². The number of nitrogens with zero attached hydrogens (tertiary/aromatic N) is 2. The van der Waals surface area contributed by atoms with E-state index in [1.54, 1.807) is 31.2 Å². The molecule has 1 fully saturated rings. The van der Waals surface area contributed by atoms with E-state index in [0.29, 0.717) is 10.5 Å². The molecule has 0 aromatic heterocycles.